The van der Waals surface area contributed by atoms with Gasteiger partial charge < -0.3 is 5.32 Å². The number of carbonyl (C=O) groups excluding carboxylic acids is 1. The van der Waals surface area contributed by atoms with Crippen molar-refractivity contribution in [3.8, 4) is 6.07 Å². The highest BCUT2D eigenvalue weighted by molar-refractivity contribution is 6.29. The Hall–Kier alpha value is -1.67. The normalized spacial score (nSPS) is 16.2. The maximum atomic E-state index is 11.6. The Morgan fingerprint density at radius 3 is 2.81 bits per heavy atom. The Morgan fingerprint density at radius 1 is 1.56 bits per heavy atom. The average molecular weight is 237 g/mol. The van der Waals surface area contributed by atoms with E-state index in [-0.39, 0.29) is 22.7 Å². The summed E-state index contributed by atoms with van der Waals surface area (Å²) in [5.41, 5.74) is 0.172. The van der Waals surface area contributed by atoms with E-state index in [2.05, 4.69) is 21.4 Å². The minimum Gasteiger partial charge on any atom is -0.335 e. The Morgan fingerprint density at radius 2 is 2.31 bits per heavy atom. The van der Waals surface area contributed by atoms with E-state index in [1.165, 1.54) is 12.4 Å². The third-order valence-corrected chi connectivity index (χ3v) is 2.57. The summed E-state index contributed by atoms with van der Waals surface area (Å²) in [6.07, 6.45) is 4.57. The standard InChI is InChI=1S/C10H9ClN4O/c11-9-5-13-8(4-14-9)10(16)15-7(3-12)6-1-2-6/h4-7H,1-2H2,(H,15,16). The first kappa shape index (κ1) is 10.8. The van der Waals surface area contributed by atoms with Crippen molar-refractivity contribution in [2.45, 2.75) is 18.9 Å². The fourth-order valence-corrected chi connectivity index (χ4v) is 1.43. The number of rotatable bonds is 3. The van der Waals surface area contributed by atoms with Crippen molar-refractivity contribution in [2.75, 3.05) is 0 Å². The van der Waals surface area contributed by atoms with Gasteiger partial charge in [0.25, 0.3) is 5.91 Å². The molecule has 1 aromatic rings. The van der Waals surface area contributed by atoms with Crippen molar-refractivity contribution in [1.29, 1.82) is 5.26 Å². The molecule has 6 heteroatoms. The minimum absolute atomic E-state index is 0.172. The average Bonchev–Trinajstić information content (AvgIpc) is 3.10. The molecule has 0 aliphatic heterocycles. The van der Waals surface area contributed by atoms with E-state index in [0.29, 0.717) is 0 Å². The molecule has 16 heavy (non-hydrogen) atoms. The van der Waals surface area contributed by atoms with Crippen LogP contribution in [0.5, 0.6) is 0 Å². The van der Waals surface area contributed by atoms with Gasteiger partial charge in [0.2, 0.25) is 0 Å². The van der Waals surface area contributed by atoms with Crippen LogP contribution in [0.3, 0.4) is 0 Å². The number of nitrogens with zero attached hydrogens (tertiary/aromatic N) is 3. The van der Waals surface area contributed by atoms with Crippen LogP contribution in [0.2, 0.25) is 5.15 Å². The molecule has 82 valence electrons. The molecule has 1 atom stereocenters. The van der Waals surface area contributed by atoms with Crippen LogP contribution in [-0.4, -0.2) is 21.9 Å². The Labute approximate surface area is 97.5 Å². The number of nitriles is 1. The maximum absolute atomic E-state index is 11.6. The van der Waals surface area contributed by atoms with Crippen LogP contribution < -0.4 is 5.32 Å². The molecule has 0 spiro atoms. The quantitative estimate of drug-likeness (QED) is 0.854. The molecular formula is C10H9ClN4O. The first-order valence-electron chi connectivity index (χ1n) is 4.88. The largest absolute Gasteiger partial charge is 0.335 e. The Kier molecular flexibility index (Phi) is 3.02. The van der Waals surface area contributed by atoms with E-state index in [1.807, 2.05) is 0 Å². The van der Waals surface area contributed by atoms with E-state index < -0.39 is 6.04 Å². The number of carbonyl (C=O) groups is 1. The third kappa shape index (κ3) is 2.47. The SMILES string of the molecule is N#CC(NC(=O)c1cnc(Cl)cn1)C1CC1. The lowest BCUT2D eigenvalue weighted by Gasteiger charge is -2.09. The molecule has 1 saturated carbocycles. The molecule has 0 saturated heterocycles. The summed E-state index contributed by atoms with van der Waals surface area (Å²) in [4.78, 5) is 19.2. The molecule has 1 N–H and O–H groups in total. The van der Waals surface area contributed by atoms with E-state index in [0.717, 1.165) is 12.8 Å². The molecule has 1 heterocycles. The van der Waals surface area contributed by atoms with Crippen molar-refractivity contribution in [2.24, 2.45) is 5.92 Å². The molecule has 1 aromatic heterocycles. The van der Waals surface area contributed by atoms with E-state index in [9.17, 15) is 4.79 Å². The van der Waals surface area contributed by atoms with Crippen molar-refractivity contribution in [3.63, 3.8) is 0 Å². The van der Waals surface area contributed by atoms with Gasteiger partial charge in [0, 0.05) is 0 Å². The second-order valence-corrected chi connectivity index (χ2v) is 4.03. The van der Waals surface area contributed by atoms with Gasteiger partial charge >= 0.3 is 0 Å². The van der Waals surface area contributed by atoms with Gasteiger partial charge in [-0.2, -0.15) is 5.26 Å². The van der Waals surface area contributed by atoms with Crippen LogP contribution in [0.1, 0.15) is 23.3 Å². The van der Waals surface area contributed by atoms with Gasteiger partial charge in [-0.25, -0.2) is 9.97 Å². The maximum Gasteiger partial charge on any atom is 0.272 e. The molecule has 1 fully saturated rings. The van der Waals surface area contributed by atoms with Crippen molar-refractivity contribution < 1.29 is 4.79 Å². The fourth-order valence-electron chi connectivity index (χ4n) is 1.33. The predicted octanol–water partition coefficient (Wildman–Crippen LogP) is 1.16. The third-order valence-electron chi connectivity index (χ3n) is 2.37. The summed E-state index contributed by atoms with van der Waals surface area (Å²) in [7, 11) is 0. The molecule has 0 radical (unpaired) electrons. The van der Waals surface area contributed by atoms with Crippen LogP contribution in [0.4, 0.5) is 0 Å². The van der Waals surface area contributed by atoms with Crippen molar-refractivity contribution in [1.82, 2.24) is 15.3 Å². The number of amides is 1. The summed E-state index contributed by atoms with van der Waals surface area (Å²) in [6.45, 7) is 0. The van der Waals surface area contributed by atoms with Gasteiger partial charge in [-0.1, -0.05) is 11.6 Å². The van der Waals surface area contributed by atoms with Gasteiger partial charge in [0.1, 0.15) is 16.9 Å². The monoisotopic (exact) mass is 236 g/mol. The second-order valence-electron chi connectivity index (χ2n) is 3.64. The van der Waals surface area contributed by atoms with Gasteiger partial charge in [-0.3, -0.25) is 4.79 Å². The summed E-state index contributed by atoms with van der Waals surface area (Å²) in [5, 5.41) is 11.7. The fraction of sp³-hybridized carbons (Fsp3) is 0.400. The number of hydrogen-bond donors (Lipinski definition) is 1. The van der Waals surface area contributed by atoms with E-state index in [1.54, 1.807) is 0 Å². The molecule has 1 unspecified atom stereocenters. The van der Waals surface area contributed by atoms with Gasteiger partial charge in [0.05, 0.1) is 18.5 Å². The predicted molar refractivity (Wildman–Crippen MR) is 56.6 cm³/mol. The smallest absolute Gasteiger partial charge is 0.272 e. The van der Waals surface area contributed by atoms with Crippen molar-refractivity contribution >= 4 is 17.5 Å². The topological polar surface area (TPSA) is 78.7 Å². The molecule has 5 nitrogen and oxygen atoms in total. The van der Waals surface area contributed by atoms with Gasteiger partial charge in [0.15, 0.2) is 0 Å². The van der Waals surface area contributed by atoms with Gasteiger partial charge in [-0.15, -0.1) is 0 Å². The zero-order valence-electron chi connectivity index (χ0n) is 8.35. The summed E-state index contributed by atoms with van der Waals surface area (Å²) < 4.78 is 0. The highest BCUT2D eigenvalue weighted by Crippen LogP contribution is 2.32. The Bertz CT molecular complexity index is 435. The van der Waals surface area contributed by atoms with Crippen LogP contribution in [0.25, 0.3) is 0 Å². The highest BCUT2D eigenvalue weighted by atomic mass is 35.5. The zero-order valence-corrected chi connectivity index (χ0v) is 9.11. The molecule has 1 aliphatic carbocycles. The highest BCUT2D eigenvalue weighted by Gasteiger charge is 2.32. The first-order valence-corrected chi connectivity index (χ1v) is 5.26. The molecule has 1 aliphatic rings. The van der Waals surface area contributed by atoms with Gasteiger partial charge in [-0.05, 0) is 18.8 Å². The molecule has 2 rings (SSSR count). The van der Waals surface area contributed by atoms with Crippen LogP contribution >= 0.6 is 11.6 Å². The summed E-state index contributed by atoms with van der Waals surface area (Å²) >= 11 is 5.55. The lowest BCUT2D eigenvalue weighted by atomic mass is 10.2. The summed E-state index contributed by atoms with van der Waals surface area (Å²) in [5.74, 6) is -0.100. The number of hydrogen-bond acceptors (Lipinski definition) is 4. The number of aromatic nitrogens is 2. The second kappa shape index (κ2) is 4.45. The summed E-state index contributed by atoms with van der Waals surface area (Å²) in [6, 6.07) is 1.64. The van der Waals surface area contributed by atoms with Crippen LogP contribution in [0, 0.1) is 17.2 Å². The minimum atomic E-state index is -0.426. The van der Waals surface area contributed by atoms with Crippen LogP contribution in [0.15, 0.2) is 12.4 Å². The van der Waals surface area contributed by atoms with E-state index in [4.69, 9.17) is 16.9 Å². The molecular weight excluding hydrogens is 228 g/mol. The lowest BCUT2D eigenvalue weighted by molar-refractivity contribution is 0.0936. The van der Waals surface area contributed by atoms with Crippen molar-refractivity contribution in [3.05, 3.63) is 23.2 Å². The lowest BCUT2D eigenvalue weighted by Crippen LogP contribution is -2.35. The Balaban J connectivity index is 2.02. The zero-order chi connectivity index (χ0) is 11.5. The first-order chi connectivity index (χ1) is 7.70. The van der Waals surface area contributed by atoms with Crippen LogP contribution in [-0.2, 0) is 0 Å². The molecule has 1 amide bonds. The number of halogens is 1. The molecule has 0 aromatic carbocycles. The molecule has 0 bridgehead atoms. The number of nitrogens with one attached hydrogen (secondary N) is 1. The van der Waals surface area contributed by atoms with E-state index >= 15 is 0 Å².